The SMILES string of the molecule is CCOCc1cc(Cl)cc(CNC)c1O. The Morgan fingerprint density at radius 1 is 1.40 bits per heavy atom. The number of nitrogens with one attached hydrogen (secondary N) is 1. The Bertz CT molecular complexity index is 329. The van der Waals surface area contributed by atoms with Gasteiger partial charge in [-0.25, -0.2) is 0 Å². The van der Waals surface area contributed by atoms with E-state index in [0.29, 0.717) is 24.8 Å². The molecule has 0 atom stereocenters. The molecule has 0 amide bonds. The Morgan fingerprint density at radius 2 is 2.07 bits per heavy atom. The van der Waals surface area contributed by atoms with Gasteiger partial charge in [0.2, 0.25) is 0 Å². The quantitative estimate of drug-likeness (QED) is 0.814. The summed E-state index contributed by atoms with van der Waals surface area (Å²) in [6.07, 6.45) is 0. The molecular formula is C11H16ClNO2. The predicted octanol–water partition coefficient (Wildman–Crippen LogP) is 2.30. The number of benzene rings is 1. The van der Waals surface area contributed by atoms with E-state index in [2.05, 4.69) is 5.32 Å². The molecule has 0 radical (unpaired) electrons. The summed E-state index contributed by atoms with van der Waals surface area (Å²) in [5.41, 5.74) is 1.52. The summed E-state index contributed by atoms with van der Waals surface area (Å²) in [6, 6.07) is 3.48. The number of phenolic OH excluding ortho intramolecular Hbond substituents is 1. The van der Waals surface area contributed by atoms with Crippen LogP contribution in [-0.4, -0.2) is 18.8 Å². The zero-order chi connectivity index (χ0) is 11.3. The lowest BCUT2D eigenvalue weighted by Crippen LogP contribution is -2.06. The summed E-state index contributed by atoms with van der Waals surface area (Å²) in [7, 11) is 1.82. The van der Waals surface area contributed by atoms with Crippen molar-refractivity contribution in [3.05, 3.63) is 28.3 Å². The molecule has 15 heavy (non-hydrogen) atoms. The number of rotatable bonds is 5. The molecule has 0 saturated carbocycles. The van der Waals surface area contributed by atoms with E-state index >= 15 is 0 Å². The molecule has 1 aromatic rings. The third kappa shape index (κ3) is 3.38. The van der Waals surface area contributed by atoms with E-state index in [1.165, 1.54) is 0 Å². The van der Waals surface area contributed by atoms with Gasteiger partial charge in [0.05, 0.1) is 6.61 Å². The molecule has 0 spiro atoms. The molecule has 1 rings (SSSR count). The highest BCUT2D eigenvalue weighted by Crippen LogP contribution is 2.27. The van der Waals surface area contributed by atoms with Crippen LogP contribution in [0.1, 0.15) is 18.1 Å². The van der Waals surface area contributed by atoms with Gasteiger partial charge in [-0.3, -0.25) is 0 Å². The van der Waals surface area contributed by atoms with E-state index in [1.54, 1.807) is 12.1 Å². The Labute approximate surface area is 95.0 Å². The number of phenols is 1. The second-order valence-electron chi connectivity index (χ2n) is 3.24. The minimum atomic E-state index is 0.266. The van der Waals surface area contributed by atoms with Crippen LogP contribution in [-0.2, 0) is 17.9 Å². The van der Waals surface area contributed by atoms with Crippen molar-refractivity contribution in [3.63, 3.8) is 0 Å². The summed E-state index contributed by atoms with van der Waals surface area (Å²) in [5.74, 6) is 0.266. The maximum absolute atomic E-state index is 9.89. The summed E-state index contributed by atoms with van der Waals surface area (Å²) in [5, 5.41) is 13.5. The van der Waals surface area contributed by atoms with Gasteiger partial charge >= 0.3 is 0 Å². The second kappa shape index (κ2) is 5.95. The van der Waals surface area contributed by atoms with E-state index in [9.17, 15) is 5.11 Å². The molecule has 0 saturated heterocycles. The first-order valence-corrected chi connectivity index (χ1v) is 5.29. The molecule has 1 aromatic carbocycles. The van der Waals surface area contributed by atoms with Crippen LogP contribution in [0.25, 0.3) is 0 Å². The maximum Gasteiger partial charge on any atom is 0.125 e. The number of ether oxygens (including phenoxy) is 1. The van der Waals surface area contributed by atoms with Gasteiger partial charge in [0.25, 0.3) is 0 Å². The fourth-order valence-corrected chi connectivity index (χ4v) is 1.63. The molecule has 0 unspecified atom stereocenters. The van der Waals surface area contributed by atoms with Crippen molar-refractivity contribution >= 4 is 11.6 Å². The number of halogens is 1. The fraction of sp³-hybridized carbons (Fsp3) is 0.455. The molecule has 84 valence electrons. The lowest BCUT2D eigenvalue weighted by molar-refractivity contribution is 0.132. The van der Waals surface area contributed by atoms with E-state index in [1.807, 2.05) is 14.0 Å². The molecule has 0 aliphatic heterocycles. The summed E-state index contributed by atoms with van der Waals surface area (Å²) in [6.45, 7) is 3.51. The van der Waals surface area contributed by atoms with Crippen LogP contribution in [0.2, 0.25) is 5.02 Å². The van der Waals surface area contributed by atoms with Crippen molar-refractivity contribution < 1.29 is 9.84 Å². The normalized spacial score (nSPS) is 10.6. The van der Waals surface area contributed by atoms with E-state index in [4.69, 9.17) is 16.3 Å². The Kier molecular flexibility index (Phi) is 4.88. The lowest BCUT2D eigenvalue weighted by atomic mass is 10.1. The Morgan fingerprint density at radius 3 is 2.67 bits per heavy atom. The molecule has 0 aromatic heterocycles. The van der Waals surface area contributed by atoms with Crippen LogP contribution in [0, 0.1) is 0 Å². The van der Waals surface area contributed by atoms with E-state index < -0.39 is 0 Å². The first kappa shape index (κ1) is 12.3. The van der Waals surface area contributed by atoms with Crippen molar-refractivity contribution in [2.24, 2.45) is 0 Å². The van der Waals surface area contributed by atoms with Crippen LogP contribution in [0.4, 0.5) is 0 Å². The second-order valence-corrected chi connectivity index (χ2v) is 3.68. The molecule has 2 N–H and O–H groups in total. The molecule has 0 bridgehead atoms. The molecule has 0 aliphatic rings. The molecule has 3 nitrogen and oxygen atoms in total. The molecule has 0 aliphatic carbocycles. The van der Waals surface area contributed by atoms with Crippen molar-refractivity contribution in [3.8, 4) is 5.75 Å². The van der Waals surface area contributed by atoms with Gasteiger partial charge in [-0.05, 0) is 26.1 Å². The van der Waals surface area contributed by atoms with Crippen LogP contribution >= 0.6 is 11.6 Å². The third-order valence-electron chi connectivity index (χ3n) is 2.06. The standard InChI is InChI=1S/C11H16ClNO2/c1-3-15-7-9-5-10(12)4-8(6-13-2)11(9)14/h4-5,13-14H,3,6-7H2,1-2H3. The van der Waals surface area contributed by atoms with Crippen molar-refractivity contribution in [1.29, 1.82) is 0 Å². The maximum atomic E-state index is 9.89. The first-order chi connectivity index (χ1) is 7.19. The highest BCUT2D eigenvalue weighted by atomic mass is 35.5. The summed E-state index contributed by atoms with van der Waals surface area (Å²) in [4.78, 5) is 0. The zero-order valence-electron chi connectivity index (χ0n) is 9.01. The number of hydrogen-bond acceptors (Lipinski definition) is 3. The van der Waals surface area contributed by atoms with Gasteiger partial charge in [-0.2, -0.15) is 0 Å². The van der Waals surface area contributed by atoms with E-state index in [0.717, 1.165) is 11.1 Å². The Balaban J connectivity index is 2.93. The van der Waals surface area contributed by atoms with Crippen LogP contribution in [0.5, 0.6) is 5.75 Å². The van der Waals surface area contributed by atoms with Crippen LogP contribution in [0.15, 0.2) is 12.1 Å². The zero-order valence-corrected chi connectivity index (χ0v) is 9.77. The topological polar surface area (TPSA) is 41.5 Å². The third-order valence-corrected chi connectivity index (χ3v) is 2.28. The van der Waals surface area contributed by atoms with Crippen molar-refractivity contribution in [1.82, 2.24) is 5.32 Å². The average Bonchev–Trinajstić information content (AvgIpc) is 2.21. The highest BCUT2D eigenvalue weighted by molar-refractivity contribution is 6.30. The predicted molar refractivity (Wildman–Crippen MR) is 61.2 cm³/mol. The first-order valence-electron chi connectivity index (χ1n) is 4.91. The lowest BCUT2D eigenvalue weighted by Gasteiger charge is -2.10. The highest BCUT2D eigenvalue weighted by Gasteiger charge is 2.08. The molecule has 0 heterocycles. The van der Waals surface area contributed by atoms with Gasteiger partial charge in [-0.1, -0.05) is 11.6 Å². The van der Waals surface area contributed by atoms with E-state index in [-0.39, 0.29) is 5.75 Å². The van der Waals surface area contributed by atoms with Gasteiger partial charge in [0.15, 0.2) is 0 Å². The monoisotopic (exact) mass is 229 g/mol. The number of hydrogen-bond donors (Lipinski definition) is 2. The van der Waals surface area contributed by atoms with Crippen molar-refractivity contribution in [2.75, 3.05) is 13.7 Å². The molecule has 0 fully saturated rings. The molecule has 4 heteroatoms. The largest absolute Gasteiger partial charge is 0.507 e. The summed E-state index contributed by atoms with van der Waals surface area (Å²) >= 11 is 5.94. The number of aromatic hydroxyl groups is 1. The fourth-order valence-electron chi connectivity index (χ4n) is 1.36. The van der Waals surface area contributed by atoms with Gasteiger partial charge < -0.3 is 15.2 Å². The summed E-state index contributed by atoms with van der Waals surface area (Å²) < 4.78 is 5.25. The Hall–Kier alpha value is -0.770. The van der Waals surface area contributed by atoms with Gasteiger partial charge in [0, 0.05) is 29.3 Å². The van der Waals surface area contributed by atoms with Gasteiger partial charge in [0.1, 0.15) is 5.75 Å². The smallest absolute Gasteiger partial charge is 0.125 e. The van der Waals surface area contributed by atoms with Crippen LogP contribution in [0.3, 0.4) is 0 Å². The minimum Gasteiger partial charge on any atom is -0.507 e. The van der Waals surface area contributed by atoms with Crippen LogP contribution < -0.4 is 5.32 Å². The minimum absolute atomic E-state index is 0.266. The molecular weight excluding hydrogens is 214 g/mol. The van der Waals surface area contributed by atoms with Crippen molar-refractivity contribution in [2.45, 2.75) is 20.1 Å². The average molecular weight is 230 g/mol. The van der Waals surface area contributed by atoms with Gasteiger partial charge in [-0.15, -0.1) is 0 Å².